The summed E-state index contributed by atoms with van der Waals surface area (Å²) in [7, 11) is -1.98. The molecule has 0 amide bonds. The number of aryl methyl sites for hydroxylation is 1. The Balaban J connectivity index is 2.79. The average Bonchev–Trinajstić information content (AvgIpc) is 2.70. The Morgan fingerprint density at radius 1 is 1.40 bits per heavy atom. The molecule has 106 valence electrons. The number of carboxylic acids is 1. The standard InChI is InChI=1S/C12H11ClN2O4S/c1-15-9(6-8(14-15)12(16)17)11-7(13)4-3-5-10(11)20(2,18)19/h3-6H,1-2H3,(H,16,17). The van der Waals surface area contributed by atoms with Crippen molar-refractivity contribution >= 4 is 27.4 Å². The fraction of sp³-hybridized carbons (Fsp3) is 0.167. The van der Waals surface area contributed by atoms with Crippen LogP contribution in [0.5, 0.6) is 0 Å². The highest BCUT2D eigenvalue weighted by molar-refractivity contribution is 7.90. The highest BCUT2D eigenvalue weighted by Gasteiger charge is 2.21. The number of carbonyl (C=O) groups is 1. The van der Waals surface area contributed by atoms with Crippen molar-refractivity contribution in [2.45, 2.75) is 4.90 Å². The summed E-state index contributed by atoms with van der Waals surface area (Å²) in [5.41, 5.74) is 0.398. The summed E-state index contributed by atoms with van der Waals surface area (Å²) in [6, 6.07) is 5.78. The van der Waals surface area contributed by atoms with Gasteiger partial charge in [0, 0.05) is 18.9 Å². The molecule has 0 fully saturated rings. The average molecular weight is 315 g/mol. The summed E-state index contributed by atoms with van der Waals surface area (Å²) in [6.07, 6.45) is 1.07. The SMILES string of the molecule is Cn1nc(C(=O)O)cc1-c1c(Cl)cccc1S(C)(=O)=O. The van der Waals surface area contributed by atoms with E-state index in [1.54, 1.807) is 6.07 Å². The van der Waals surface area contributed by atoms with Crippen molar-refractivity contribution in [3.63, 3.8) is 0 Å². The molecule has 0 saturated carbocycles. The molecule has 0 unspecified atom stereocenters. The van der Waals surface area contributed by atoms with Crippen molar-refractivity contribution < 1.29 is 18.3 Å². The predicted molar refractivity (Wildman–Crippen MR) is 73.7 cm³/mol. The topological polar surface area (TPSA) is 89.3 Å². The van der Waals surface area contributed by atoms with Gasteiger partial charge >= 0.3 is 5.97 Å². The van der Waals surface area contributed by atoms with Crippen LogP contribution in [0, 0.1) is 0 Å². The Hall–Kier alpha value is -1.86. The highest BCUT2D eigenvalue weighted by Crippen LogP contribution is 2.34. The number of halogens is 1. The number of benzene rings is 1. The van der Waals surface area contributed by atoms with E-state index in [9.17, 15) is 13.2 Å². The van der Waals surface area contributed by atoms with Crippen LogP contribution in [0.2, 0.25) is 5.02 Å². The monoisotopic (exact) mass is 314 g/mol. The zero-order valence-electron chi connectivity index (χ0n) is 10.7. The summed E-state index contributed by atoms with van der Waals surface area (Å²) in [6.45, 7) is 0. The van der Waals surface area contributed by atoms with Gasteiger partial charge in [0.1, 0.15) is 0 Å². The van der Waals surface area contributed by atoms with Crippen LogP contribution in [-0.2, 0) is 16.9 Å². The van der Waals surface area contributed by atoms with Crippen molar-refractivity contribution in [2.24, 2.45) is 7.05 Å². The number of aromatic nitrogens is 2. The lowest BCUT2D eigenvalue weighted by Crippen LogP contribution is -2.03. The Morgan fingerprint density at radius 2 is 2.05 bits per heavy atom. The van der Waals surface area contributed by atoms with E-state index in [0.717, 1.165) is 6.26 Å². The second kappa shape index (κ2) is 4.92. The summed E-state index contributed by atoms with van der Waals surface area (Å²) in [5, 5.41) is 13.0. The molecule has 2 aromatic rings. The van der Waals surface area contributed by atoms with Crippen LogP contribution >= 0.6 is 11.6 Å². The molecule has 1 heterocycles. The van der Waals surface area contributed by atoms with E-state index in [-0.39, 0.29) is 21.2 Å². The lowest BCUT2D eigenvalue weighted by Gasteiger charge is -2.10. The molecule has 0 bridgehead atoms. The second-order valence-corrected chi connectivity index (χ2v) is 6.62. The Labute approximate surface area is 120 Å². The molecule has 0 atom stereocenters. The van der Waals surface area contributed by atoms with Crippen molar-refractivity contribution in [1.82, 2.24) is 9.78 Å². The Kier molecular flexibility index (Phi) is 3.58. The van der Waals surface area contributed by atoms with Gasteiger partial charge in [-0.05, 0) is 18.2 Å². The number of sulfone groups is 1. The molecule has 0 spiro atoms. The third-order valence-electron chi connectivity index (χ3n) is 2.73. The lowest BCUT2D eigenvalue weighted by atomic mass is 10.1. The zero-order chi connectivity index (χ0) is 15.1. The first-order valence-electron chi connectivity index (χ1n) is 5.48. The molecule has 1 N–H and O–H groups in total. The first-order chi connectivity index (χ1) is 9.21. The van der Waals surface area contributed by atoms with E-state index in [2.05, 4.69) is 5.10 Å². The fourth-order valence-corrected chi connectivity index (χ4v) is 3.11. The number of aromatic carboxylic acids is 1. The van der Waals surface area contributed by atoms with Crippen LogP contribution in [0.1, 0.15) is 10.5 Å². The summed E-state index contributed by atoms with van der Waals surface area (Å²) in [4.78, 5) is 11.0. The van der Waals surface area contributed by atoms with Crippen LogP contribution in [0.4, 0.5) is 0 Å². The van der Waals surface area contributed by atoms with E-state index in [1.807, 2.05) is 0 Å². The number of nitrogens with zero attached hydrogens (tertiary/aromatic N) is 2. The molecular weight excluding hydrogens is 304 g/mol. The van der Waals surface area contributed by atoms with Gasteiger partial charge in [0.25, 0.3) is 0 Å². The largest absolute Gasteiger partial charge is 0.476 e. The molecule has 20 heavy (non-hydrogen) atoms. The molecule has 0 radical (unpaired) electrons. The summed E-state index contributed by atoms with van der Waals surface area (Å²) in [5.74, 6) is -1.19. The van der Waals surface area contributed by atoms with Crippen molar-refractivity contribution in [3.8, 4) is 11.3 Å². The minimum absolute atomic E-state index is 0.0324. The smallest absolute Gasteiger partial charge is 0.356 e. The molecule has 0 saturated heterocycles. The first-order valence-corrected chi connectivity index (χ1v) is 7.75. The van der Waals surface area contributed by atoms with E-state index in [4.69, 9.17) is 16.7 Å². The fourth-order valence-electron chi connectivity index (χ4n) is 1.87. The molecule has 6 nitrogen and oxygen atoms in total. The van der Waals surface area contributed by atoms with Gasteiger partial charge in [-0.2, -0.15) is 5.10 Å². The number of carboxylic acid groups (broad SMARTS) is 1. The van der Waals surface area contributed by atoms with Gasteiger partial charge in [0.05, 0.1) is 15.6 Å². The molecule has 0 aliphatic heterocycles. The van der Waals surface area contributed by atoms with E-state index < -0.39 is 15.8 Å². The quantitative estimate of drug-likeness (QED) is 0.933. The third-order valence-corrected chi connectivity index (χ3v) is 4.18. The normalized spacial score (nSPS) is 11.6. The summed E-state index contributed by atoms with van der Waals surface area (Å²) < 4.78 is 24.9. The number of rotatable bonds is 3. The van der Waals surface area contributed by atoms with Gasteiger partial charge in [-0.1, -0.05) is 17.7 Å². The van der Waals surface area contributed by atoms with E-state index >= 15 is 0 Å². The number of hydrogen-bond acceptors (Lipinski definition) is 4. The van der Waals surface area contributed by atoms with Crippen LogP contribution in [0.25, 0.3) is 11.3 Å². The van der Waals surface area contributed by atoms with Gasteiger partial charge in [-0.3, -0.25) is 4.68 Å². The maximum Gasteiger partial charge on any atom is 0.356 e. The molecule has 0 aliphatic rings. The first kappa shape index (κ1) is 14.5. The van der Waals surface area contributed by atoms with Gasteiger partial charge in [-0.25, -0.2) is 13.2 Å². The molecule has 1 aromatic heterocycles. The van der Waals surface area contributed by atoms with Crippen LogP contribution in [0.3, 0.4) is 0 Å². The van der Waals surface area contributed by atoms with Crippen molar-refractivity contribution in [2.75, 3.05) is 6.26 Å². The molecular formula is C12H11ClN2O4S. The third kappa shape index (κ3) is 2.54. The molecule has 0 aliphatic carbocycles. The molecule has 1 aromatic carbocycles. The van der Waals surface area contributed by atoms with Crippen LogP contribution in [-0.4, -0.2) is 35.5 Å². The lowest BCUT2D eigenvalue weighted by molar-refractivity contribution is 0.0689. The van der Waals surface area contributed by atoms with Gasteiger partial charge in [0.2, 0.25) is 0 Å². The van der Waals surface area contributed by atoms with Crippen LogP contribution < -0.4 is 0 Å². The Bertz CT molecular complexity index is 796. The van der Waals surface area contributed by atoms with Crippen LogP contribution in [0.15, 0.2) is 29.2 Å². The minimum Gasteiger partial charge on any atom is -0.476 e. The van der Waals surface area contributed by atoms with E-state index in [1.165, 1.54) is 29.9 Å². The second-order valence-electron chi connectivity index (χ2n) is 4.23. The van der Waals surface area contributed by atoms with Crippen molar-refractivity contribution in [1.29, 1.82) is 0 Å². The van der Waals surface area contributed by atoms with Gasteiger partial charge in [-0.15, -0.1) is 0 Å². The molecule has 8 heteroatoms. The predicted octanol–water partition coefficient (Wildman–Crippen LogP) is 1.84. The summed E-state index contributed by atoms with van der Waals surface area (Å²) >= 11 is 6.08. The Morgan fingerprint density at radius 3 is 2.55 bits per heavy atom. The van der Waals surface area contributed by atoms with Gasteiger partial charge < -0.3 is 5.11 Å². The van der Waals surface area contributed by atoms with Gasteiger partial charge in [0.15, 0.2) is 15.5 Å². The zero-order valence-corrected chi connectivity index (χ0v) is 12.2. The minimum atomic E-state index is -3.50. The maximum atomic E-state index is 11.8. The molecule has 2 rings (SSSR count). The van der Waals surface area contributed by atoms with Crippen molar-refractivity contribution in [3.05, 3.63) is 35.0 Å². The van der Waals surface area contributed by atoms with E-state index in [0.29, 0.717) is 5.69 Å². The highest BCUT2D eigenvalue weighted by atomic mass is 35.5. The number of hydrogen-bond donors (Lipinski definition) is 1. The maximum absolute atomic E-state index is 11.8.